The fraction of sp³-hybridized carbons (Fsp3) is 0.300. The number of aromatic nitrogens is 4. The Bertz CT molecular complexity index is 978. The van der Waals surface area contributed by atoms with Gasteiger partial charge in [-0.05, 0) is 85.0 Å². The number of tetrazole rings is 1. The topological polar surface area (TPSA) is 60.7 Å². The van der Waals surface area contributed by atoms with Gasteiger partial charge in [0.2, 0.25) is 5.16 Å². The van der Waals surface area contributed by atoms with Crippen LogP contribution in [-0.2, 0) is 0 Å². The van der Waals surface area contributed by atoms with E-state index in [2.05, 4.69) is 41.5 Å². The number of Topliss-reactive ketones (excluding diaryl/α,β-unsaturated/α-hetero) is 1. The van der Waals surface area contributed by atoms with Crippen molar-refractivity contribution in [3.8, 4) is 5.69 Å². The van der Waals surface area contributed by atoms with E-state index in [4.69, 9.17) is 0 Å². The van der Waals surface area contributed by atoms with Gasteiger partial charge in [-0.15, -0.1) is 5.10 Å². The van der Waals surface area contributed by atoms with Gasteiger partial charge in [0, 0.05) is 5.56 Å². The molecule has 0 aliphatic rings. The smallest absolute Gasteiger partial charge is 0.214 e. The number of ketones is 1. The van der Waals surface area contributed by atoms with Crippen LogP contribution in [-0.4, -0.2) is 31.7 Å². The van der Waals surface area contributed by atoms with Gasteiger partial charge in [-0.25, -0.2) is 0 Å². The van der Waals surface area contributed by atoms with Crippen molar-refractivity contribution in [2.24, 2.45) is 0 Å². The number of nitrogens with zero attached hydrogens (tertiary/aromatic N) is 4. The molecule has 0 fully saturated rings. The first-order valence-corrected chi connectivity index (χ1v) is 9.46. The molecule has 3 rings (SSSR count). The first kappa shape index (κ1) is 18.3. The first-order chi connectivity index (χ1) is 12.4. The van der Waals surface area contributed by atoms with Gasteiger partial charge in [-0.3, -0.25) is 4.79 Å². The lowest BCUT2D eigenvalue weighted by Gasteiger charge is -2.10. The van der Waals surface area contributed by atoms with E-state index >= 15 is 0 Å². The molecule has 0 spiro atoms. The SMILES string of the molecule is Cc1cc(C)c(C(=O)CSc2nnnn2-c2cccc(C)c2C)cc1C. The number of hydrogen-bond acceptors (Lipinski definition) is 5. The molecule has 0 aliphatic carbocycles. The molecule has 1 heterocycles. The lowest BCUT2D eigenvalue weighted by molar-refractivity contribution is 0.102. The molecule has 0 radical (unpaired) electrons. The molecule has 0 saturated carbocycles. The highest BCUT2D eigenvalue weighted by molar-refractivity contribution is 7.99. The highest BCUT2D eigenvalue weighted by atomic mass is 32.2. The van der Waals surface area contributed by atoms with Crippen molar-refractivity contribution >= 4 is 17.5 Å². The molecule has 0 bridgehead atoms. The van der Waals surface area contributed by atoms with Crippen LogP contribution >= 0.6 is 11.8 Å². The molecule has 0 N–H and O–H groups in total. The van der Waals surface area contributed by atoms with Crippen molar-refractivity contribution in [1.82, 2.24) is 20.2 Å². The van der Waals surface area contributed by atoms with Crippen LogP contribution in [0.5, 0.6) is 0 Å². The number of thioether (sulfide) groups is 1. The summed E-state index contributed by atoms with van der Waals surface area (Å²) in [4.78, 5) is 12.7. The quantitative estimate of drug-likeness (QED) is 0.501. The molecule has 6 heteroatoms. The molecule has 0 unspecified atom stereocenters. The van der Waals surface area contributed by atoms with E-state index in [1.807, 2.05) is 39.0 Å². The van der Waals surface area contributed by atoms with Gasteiger partial charge in [0.25, 0.3) is 0 Å². The summed E-state index contributed by atoms with van der Waals surface area (Å²) in [6.07, 6.45) is 0. The molecular weight excluding hydrogens is 344 g/mol. The van der Waals surface area contributed by atoms with Gasteiger partial charge in [0.05, 0.1) is 11.4 Å². The number of rotatable bonds is 5. The highest BCUT2D eigenvalue weighted by Gasteiger charge is 2.16. The summed E-state index contributed by atoms with van der Waals surface area (Å²) < 4.78 is 1.70. The van der Waals surface area contributed by atoms with E-state index in [0.717, 1.165) is 27.9 Å². The Morgan fingerprint density at radius 3 is 2.50 bits per heavy atom. The minimum Gasteiger partial charge on any atom is -0.293 e. The molecule has 0 amide bonds. The fourth-order valence-corrected chi connectivity index (χ4v) is 3.62. The van der Waals surface area contributed by atoms with Crippen LogP contribution in [0.25, 0.3) is 5.69 Å². The summed E-state index contributed by atoms with van der Waals surface area (Å²) in [6.45, 7) is 10.2. The van der Waals surface area contributed by atoms with Crippen LogP contribution < -0.4 is 0 Å². The monoisotopic (exact) mass is 366 g/mol. The molecule has 0 saturated heterocycles. The Balaban J connectivity index is 1.82. The second-order valence-electron chi connectivity index (χ2n) is 6.56. The number of carbonyl (C=O) groups is 1. The van der Waals surface area contributed by atoms with Crippen molar-refractivity contribution in [2.75, 3.05) is 5.75 Å². The average Bonchev–Trinajstić information content (AvgIpc) is 3.06. The van der Waals surface area contributed by atoms with Gasteiger partial charge in [-0.1, -0.05) is 30.0 Å². The van der Waals surface area contributed by atoms with Gasteiger partial charge >= 0.3 is 0 Å². The Labute approximate surface area is 157 Å². The number of aryl methyl sites for hydroxylation is 4. The second kappa shape index (κ2) is 7.41. The molecular formula is C20H22N4OS. The number of carbonyl (C=O) groups excluding carboxylic acids is 1. The third kappa shape index (κ3) is 3.55. The number of hydrogen-bond donors (Lipinski definition) is 0. The van der Waals surface area contributed by atoms with E-state index in [1.54, 1.807) is 4.68 Å². The summed E-state index contributed by atoms with van der Waals surface area (Å²) in [7, 11) is 0. The predicted molar refractivity (Wildman–Crippen MR) is 104 cm³/mol. The second-order valence-corrected chi connectivity index (χ2v) is 7.50. The maximum atomic E-state index is 12.7. The van der Waals surface area contributed by atoms with Crippen molar-refractivity contribution in [2.45, 2.75) is 39.8 Å². The largest absolute Gasteiger partial charge is 0.293 e. The van der Waals surface area contributed by atoms with E-state index in [9.17, 15) is 4.79 Å². The average molecular weight is 366 g/mol. The summed E-state index contributed by atoms with van der Waals surface area (Å²) in [6, 6.07) is 10.1. The molecule has 1 aromatic heterocycles. The lowest BCUT2D eigenvalue weighted by atomic mass is 9.99. The molecule has 134 valence electrons. The van der Waals surface area contributed by atoms with E-state index in [-0.39, 0.29) is 5.78 Å². The molecule has 0 atom stereocenters. The van der Waals surface area contributed by atoms with E-state index in [0.29, 0.717) is 10.9 Å². The van der Waals surface area contributed by atoms with E-state index < -0.39 is 0 Å². The zero-order valence-corrected chi connectivity index (χ0v) is 16.5. The van der Waals surface area contributed by atoms with Gasteiger partial charge in [0.15, 0.2) is 5.78 Å². The molecule has 2 aromatic carbocycles. The van der Waals surface area contributed by atoms with Crippen molar-refractivity contribution in [1.29, 1.82) is 0 Å². The van der Waals surface area contributed by atoms with Crippen molar-refractivity contribution in [3.05, 3.63) is 63.7 Å². The van der Waals surface area contributed by atoms with Crippen LogP contribution in [0.2, 0.25) is 0 Å². The van der Waals surface area contributed by atoms with Gasteiger partial charge in [-0.2, -0.15) is 4.68 Å². The van der Waals surface area contributed by atoms with Crippen LogP contribution in [0.4, 0.5) is 0 Å². The van der Waals surface area contributed by atoms with Crippen LogP contribution in [0.15, 0.2) is 35.5 Å². The third-order valence-corrected chi connectivity index (χ3v) is 5.64. The van der Waals surface area contributed by atoms with Gasteiger partial charge in [0.1, 0.15) is 0 Å². The molecule has 26 heavy (non-hydrogen) atoms. The zero-order chi connectivity index (χ0) is 18.8. The third-order valence-electron chi connectivity index (χ3n) is 4.72. The van der Waals surface area contributed by atoms with Crippen LogP contribution in [0.1, 0.15) is 38.2 Å². The maximum Gasteiger partial charge on any atom is 0.214 e. The summed E-state index contributed by atoms with van der Waals surface area (Å²) in [5.41, 5.74) is 7.34. The molecule has 0 aliphatic heterocycles. The lowest BCUT2D eigenvalue weighted by Crippen LogP contribution is -2.08. The number of benzene rings is 2. The van der Waals surface area contributed by atoms with Crippen LogP contribution in [0.3, 0.4) is 0 Å². The predicted octanol–water partition coefficient (Wildman–Crippen LogP) is 4.18. The standard InChI is InChI=1S/C20H22N4OS/c1-12-7-6-8-18(16(12)5)24-20(21-22-23-24)26-11-19(25)17-10-14(3)13(2)9-15(17)4/h6-10H,11H2,1-5H3. The minimum atomic E-state index is 0.0890. The van der Waals surface area contributed by atoms with Crippen molar-refractivity contribution < 1.29 is 4.79 Å². The van der Waals surface area contributed by atoms with Gasteiger partial charge < -0.3 is 0 Å². The summed E-state index contributed by atoms with van der Waals surface area (Å²) in [5, 5.41) is 12.6. The zero-order valence-electron chi connectivity index (χ0n) is 15.7. The Morgan fingerprint density at radius 2 is 1.73 bits per heavy atom. The van der Waals surface area contributed by atoms with Crippen molar-refractivity contribution in [3.63, 3.8) is 0 Å². The molecule has 3 aromatic rings. The normalized spacial score (nSPS) is 11.0. The first-order valence-electron chi connectivity index (χ1n) is 8.47. The summed E-state index contributed by atoms with van der Waals surface area (Å²) >= 11 is 1.36. The fourth-order valence-electron chi connectivity index (χ4n) is 2.85. The Morgan fingerprint density at radius 1 is 1.00 bits per heavy atom. The highest BCUT2D eigenvalue weighted by Crippen LogP contribution is 2.24. The van der Waals surface area contributed by atoms with Crippen LogP contribution in [0, 0.1) is 34.6 Å². The van der Waals surface area contributed by atoms with E-state index in [1.165, 1.54) is 22.9 Å². The Hall–Kier alpha value is -2.47. The minimum absolute atomic E-state index is 0.0890. The molecule has 5 nitrogen and oxygen atoms in total. The Kier molecular flexibility index (Phi) is 5.23. The summed E-state index contributed by atoms with van der Waals surface area (Å²) in [5.74, 6) is 0.389. The maximum absolute atomic E-state index is 12.7.